The summed E-state index contributed by atoms with van der Waals surface area (Å²) in [5.41, 5.74) is 1.09. The van der Waals surface area contributed by atoms with Crippen LogP contribution < -0.4 is 5.32 Å². The first-order valence-electron chi connectivity index (χ1n) is 6.06. The average Bonchev–Trinajstić information content (AvgIpc) is 2.64. The van der Waals surface area contributed by atoms with Crippen LogP contribution >= 0.6 is 11.8 Å². The summed E-state index contributed by atoms with van der Waals surface area (Å²) < 4.78 is 2.26. The van der Waals surface area contributed by atoms with E-state index in [9.17, 15) is 0 Å². The van der Waals surface area contributed by atoms with Gasteiger partial charge in [0.2, 0.25) is 5.95 Å². The molecule has 0 bridgehead atoms. The van der Waals surface area contributed by atoms with Gasteiger partial charge in [-0.1, -0.05) is 13.8 Å². The Labute approximate surface area is 103 Å². The van der Waals surface area contributed by atoms with Crippen LogP contribution in [0.25, 0.3) is 0 Å². The molecule has 3 nitrogen and oxygen atoms in total. The van der Waals surface area contributed by atoms with Crippen molar-refractivity contribution in [3.8, 4) is 0 Å². The quantitative estimate of drug-likeness (QED) is 0.794. The van der Waals surface area contributed by atoms with Crippen molar-refractivity contribution in [2.45, 2.75) is 40.2 Å². The van der Waals surface area contributed by atoms with E-state index in [2.05, 4.69) is 41.8 Å². The maximum atomic E-state index is 4.52. The number of aromatic nitrogens is 2. The van der Waals surface area contributed by atoms with E-state index in [0.717, 1.165) is 30.4 Å². The maximum absolute atomic E-state index is 4.52. The second-order valence-electron chi connectivity index (χ2n) is 4.05. The molecule has 1 unspecified atom stereocenters. The van der Waals surface area contributed by atoms with Crippen molar-refractivity contribution >= 4 is 17.7 Å². The van der Waals surface area contributed by atoms with Gasteiger partial charge in [-0.2, -0.15) is 11.8 Å². The molecule has 0 aromatic carbocycles. The molecule has 92 valence electrons. The smallest absolute Gasteiger partial charge is 0.203 e. The fourth-order valence-electron chi connectivity index (χ4n) is 1.59. The standard InChI is InChI=1S/C12H23N3S/c1-5-7-13-12-14-10(3)8-15(12)11(4)9-16-6-2/h8,11H,5-7,9H2,1-4H3,(H,13,14). The van der Waals surface area contributed by atoms with Gasteiger partial charge in [-0.15, -0.1) is 0 Å². The van der Waals surface area contributed by atoms with Crippen molar-refractivity contribution in [1.29, 1.82) is 0 Å². The molecule has 16 heavy (non-hydrogen) atoms. The first-order chi connectivity index (χ1) is 7.69. The Morgan fingerprint density at radius 1 is 1.50 bits per heavy atom. The van der Waals surface area contributed by atoms with E-state index in [1.807, 2.05) is 18.7 Å². The Morgan fingerprint density at radius 3 is 2.88 bits per heavy atom. The summed E-state index contributed by atoms with van der Waals surface area (Å²) in [7, 11) is 0. The first kappa shape index (κ1) is 13.4. The van der Waals surface area contributed by atoms with Crippen LogP contribution in [0.2, 0.25) is 0 Å². The molecule has 0 aliphatic carbocycles. The Hall–Kier alpha value is -0.640. The fraction of sp³-hybridized carbons (Fsp3) is 0.750. The van der Waals surface area contributed by atoms with Crippen molar-refractivity contribution in [1.82, 2.24) is 9.55 Å². The third-order valence-corrected chi connectivity index (χ3v) is 3.55. The molecule has 0 amide bonds. The van der Waals surface area contributed by atoms with Crippen molar-refractivity contribution in [3.63, 3.8) is 0 Å². The molecule has 1 rings (SSSR count). The second kappa shape index (κ2) is 6.84. The van der Waals surface area contributed by atoms with Gasteiger partial charge >= 0.3 is 0 Å². The van der Waals surface area contributed by atoms with Crippen LogP contribution in [0.3, 0.4) is 0 Å². The second-order valence-corrected chi connectivity index (χ2v) is 5.37. The number of hydrogen-bond donors (Lipinski definition) is 1. The Bertz CT molecular complexity index is 309. The SMILES string of the molecule is CCCNc1nc(C)cn1C(C)CSCC. The summed E-state index contributed by atoms with van der Waals surface area (Å²) in [6.45, 7) is 9.66. The highest BCUT2D eigenvalue weighted by atomic mass is 32.2. The molecule has 0 fully saturated rings. The summed E-state index contributed by atoms with van der Waals surface area (Å²) in [6, 6.07) is 0.505. The van der Waals surface area contributed by atoms with E-state index in [0.29, 0.717) is 6.04 Å². The van der Waals surface area contributed by atoms with Crippen LogP contribution in [0.15, 0.2) is 6.20 Å². The normalized spacial score (nSPS) is 12.8. The lowest BCUT2D eigenvalue weighted by atomic mass is 10.4. The van der Waals surface area contributed by atoms with Crippen molar-refractivity contribution in [2.24, 2.45) is 0 Å². The number of nitrogens with one attached hydrogen (secondary N) is 1. The fourth-order valence-corrected chi connectivity index (χ4v) is 2.33. The van der Waals surface area contributed by atoms with Gasteiger partial charge in [-0.05, 0) is 26.0 Å². The first-order valence-corrected chi connectivity index (χ1v) is 7.21. The Kier molecular flexibility index (Phi) is 5.74. The molecule has 0 saturated carbocycles. The lowest BCUT2D eigenvalue weighted by molar-refractivity contribution is 0.613. The summed E-state index contributed by atoms with van der Waals surface area (Å²) >= 11 is 1.98. The molecule has 1 N–H and O–H groups in total. The van der Waals surface area contributed by atoms with Crippen LogP contribution in [-0.4, -0.2) is 27.6 Å². The van der Waals surface area contributed by atoms with E-state index in [1.54, 1.807) is 0 Å². The van der Waals surface area contributed by atoms with Gasteiger partial charge < -0.3 is 9.88 Å². The third kappa shape index (κ3) is 3.74. The Balaban J connectivity index is 2.68. The molecular weight excluding hydrogens is 218 g/mol. The van der Waals surface area contributed by atoms with Crippen LogP contribution in [0.4, 0.5) is 5.95 Å². The van der Waals surface area contributed by atoms with Gasteiger partial charge in [0.25, 0.3) is 0 Å². The zero-order valence-corrected chi connectivity index (χ0v) is 11.6. The van der Waals surface area contributed by atoms with Crippen LogP contribution in [0.1, 0.15) is 38.9 Å². The van der Waals surface area contributed by atoms with Gasteiger partial charge in [0.1, 0.15) is 0 Å². The monoisotopic (exact) mass is 241 g/mol. The molecule has 0 aliphatic rings. The number of nitrogens with zero attached hydrogens (tertiary/aromatic N) is 2. The summed E-state index contributed by atoms with van der Waals surface area (Å²) in [5, 5.41) is 3.38. The average molecular weight is 241 g/mol. The largest absolute Gasteiger partial charge is 0.356 e. The zero-order chi connectivity index (χ0) is 12.0. The van der Waals surface area contributed by atoms with Crippen LogP contribution in [0, 0.1) is 6.92 Å². The molecule has 0 spiro atoms. The number of hydrogen-bond acceptors (Lipinski definition) is 3. The predicted octanol–water partition coefficient (Wildman–Crippen LogP) is 3.33. The number of anilines is 1. The zero-order valence-electron chi connectivity index (χ0n) is 10.8. The summed E-state index contributed by atoms with van der Waals surface area (Å²) in [6.07, 6.45) is 3.27. The molecule has 1 heterocycles. The molecule has 1 aromatic rings. The molecule has 0 aliphatic heterocycles. The minimum absolute atomic E-state index is 0.505. The van der Waals surface area contributed by atoms with Gasteiger partial charge in [-0.25, -0.2) is 4.98 Å². The van der Waals surface area contributed by atoms with Gasteiger partial charge in [-0.3, -0.25) is 0 Å². The van der Waals surface area contributed by atoms with Crippen molar-refractivity contribution in [3.05, 3.63) is 11.9 Å². The number of aryl methyl sites for hydroxylation is 1. The maximum Gasteiger partial charge on any atom is 0.203 e. The van der Waals surface area contributed by atoms with E-state index in [1.165, 1.54) is 5.75 Å². The minimum atomic E-state index is 0.505. The van der Waals surface area contributed by atoms with Crippen molar-refractivity contribution < 1.29 is 0 Å². The van der Waals surface area contributed by atoms with Crippen molar-refractivity contribution in [2.75, 3.05) is 23.4 Å². The molecule has 0 saturated heterocycles. The molecule has 4 heteroatoms. The minimum Gasteiger partial charge on any atom is -0.356 e. The molecule has 0 radical (unpaired) electrons. The van der Waals surface area contributed by atoms with Gasteiger partial charge in [0.15, 0.2) is 0 Å². The van der Waals surface area contributed by atoms with E-state index in [4.69, 9.17) is 0 Å². The Morgan fingerprint density at radius 2 is 2.25 bits per heavy atom. The summed E-state index contributed by atoms with van der Waals surface area (Å²) in [5.74, 6) is 3.34. The van der Waals surface area contributed by atoms with Gasteiger partial charge in [0, 0.05) is 24.5 Å². The highest BCUT2D eigenvalue weighted by molar-refractivity contribution is 7.99. The van der Waals surface area contributed by atoms with E-state index < -0.39 is 0 Å². The number of imidazole rings is 1. The highest BCUT2D eigenvalue weighted by Gasteiger charge is 2.10. The molecular formula is C12H23N3S. The number of thioether (sulfide) groups is 1. The lowest BCUT2D eigenvalue weighted by Crippen LogP contribution is -2.13. The number of rotatable bonds is 7. The van der Waals surface area contributed by atoms with E-state index >= 15 is 0 Å². The van der Waals surface area contributed by atoms with E-state index in [-0.39, 0.29) is 0 Å². The predicted molar refractivity (Wildman–Crippen MR) is 73.5 cm³/mol. The lowest BCUT2D eigenvalue weighted by Gasteiger charge is -2.16. The van der Waals surface area contributed by atoms with Crippen LogP contribution in [-0.2, 0) is 0 Å². The van der Waals surface area contributed by atoms with Gasteiger partial charge in [0.05, 0.1) is 5.69 Å². The summed E-state index contributed by atoms with van der Waals surface area (Å²) in [4.78, 5) is 4.52. The highest BCUT2D eigenvalue weighted by Crippen LogP contribution is 2.19. The van der Waals surface area contributed by atoms with Crippen LogP contribution in [0.5, 0.6) is 0 Å². The topological polar surface area (TPSA) is 29.9 Å². The molecule has 1 atom stereocenters. The third-order valence-electron chi connectivity index (χ3n) is 2.42. The molecule has 1 aromatic heterocycles.